The van der Waals surface area contributed by atoms with E-state index in [2.05, 4.69) is 27.3 Å². The Balaban J connectivity index is 1.81. The molecule has 2 aromatic rings. The van der Waals surface area contributed by atoms with Gasteiger partial charge >= 0.3 is 0 Å². The molecule has 0 aromatic heterocycles. The van der Waals surface area contributed by atoms with E-state index < -0.39 is 6.10 Å². The van der Waals surface area contributed by atoms with E-state index in [0.717, 1.165) is 20.8 Å². The first-order valence-corrected chi connectivity index (χ1v) is 8.64. The number of thioether (sulfide) groups is 1. The van der Waals surface area contributed by atoms with E-state index in [1.807, 2.05) is 48.7 Å². The quantitative estimate of drug-likeness (QED) is 0.725. The molecule has 0 saturated heterocycles. The van der Waals surface area contributed by atoms with Gasteiger partial charge in [0.2, 0.25) is 0 Å². The zero-order valence-corrected chi connectivity index (χ0v) is 14.2. The van der Waals surface area contributed by atoms with Crippen LogP contribution in [-0.4, -0.2) is 30.6 Å². The number of ether oxygens (including phenoxy) is 1. The van der Waals surface area contributed by atoms with Crippen molar-refractivity contribution < 1.29 is 9.84 Å². The first-order valence-electron chi connectivity index (χ1n) is 6.62. The highest BCUT2D eigenvalue weighted by Gasteiger charge is 2.07. The third kappa shape index (κ3) is 5.26. The molecule has 2 rings (SSSR count). The highest BCUT2D eigenvalue weighted by Crippen LogP contribution is 2.24. The summed E-state index contributed by atoms with van der Waals surface area (Å²) >= 11 is 5.07. The summed E-state index contributed by atoms with van der Waals surface area (Å²) in [6.07, 6.45) is 1.46. The van der Waals surface area contributed by atoms with Crippen LogP contribution in [0.1, 0.15) is 0 Å². The summed E-state index contributed by atoms with van der Waals surface area (Å²) in [5.74, 6) is 0.743. The number of rotatable bonds is 7. The second kappa shape index (κ2) is 8.32. The van der Waals surface area contributed by atoms with Gasteiger partial charge in [-0.3, -0.25) is 0 Å². The minimum absolute atomic E-state index is 0.255. The lowest BCUT2D eigenvalue weighted by molar-refractivity contribution is 0.117. The molecule has 21 heavy (non-hydrogen) atoms. The fourth-order valence-corrected chi connectivity index (χ4v) is 2.78. The van der Waals surface area contributed by atoms with Gasteiger partial charge in [-0.2, -0.15) is 0 Å². The number of hydrogen-bond acceptors (Lipinski definition) is 4. The fourth-order valence-electron chi connectivity index (χ4n) is 1.83. The number of anilines is 1. The van der Waals surface area contributed by atoms with Crippen LogP contribution < -0.4 is 10.1 Å². The third-order valence-corrected chi connectivity index (χ3v) is 4.16. The monoisotopic (exact) mass is 367 g/mol. The highest BCUT2D eigenvalue weighted by atomic mass is 79.9. The summed E-state index contributed by atoms with van der Waals surface area (Å²) < 4.78 is 6.53. The van der Waals surface area contributed by atoms with Crippen LogP contribution in [0.15, 0.2) is 57.9 Å². The molecular weight excluding hydrogens is 350 g/mol. The maximum absolute atomic E-state index is 10.00. The Labute approximate surface area is 137 Å². The van der Waals surface area contributed by atoms with E-state index in [4.69, 9.17) is 4.74 Å². The van der Waals surface area contributed by atoms with Gasteiger partial charge in [0.1, 0.15) is 18.5 Å². The molecule has 0 bridgehead atoms. The predicted octanol–water partition coefficient (Wildman–Crippen LogP) is 4.02. The van der Waals surface area contributed by atoms with Crippen molar-refractivity contribution >= 4 is 33.4 Å². The number of halogens is 1. The van der Waals surface area contributed by atoms with E-state index in [1.54, 1.807) is 11.8 Å². The molecule has 1 atom stereocenters. The van der Waals surface area contributed by atoms with Crippen molar-refractivity contribution in [3.05, 3.63) is 53.0 Å². The molecule has 0 fully saturated rings. The topological polar surface area (TPSA) is 41.5 Å². The van der Waals surface area contributed by atoms with Crippen molar-refractivity contribution in [2.24, 2.45) is 0 Å². The van der Waals surface area contributed by atoms with Crippen LogP contribution in [0.4, 0.5) is 5.69 Å². The zero-order chi connectivity index (χ0) is 15.1. The Morgan fingerprint density at radius 1 is 1.24 bits per heavy atom. The zero-order valence-electron chi connectivity index (χ0n) is 11.8. The summed E-state index contributed by atoms with van der Waals surface area (Å²) in [4.78, 5) is 1.16. The van der Waals surface area contributed by atoms with Crippen molar-refractivity contribution in [1.82, 2.24) is 0 Å². The molecule has 0 aliphatic heterocycles. The predicted molar refractivity (Wildman–Crippen MR) is 92.4 cm³/mol. The van der Waals surface area contributed by atoms with Gasteiger partial charge in [0.05, 0.1) is 0 Å². The van der Waals surface area contributed by atoms with Crippen molar-refractivity contribution in [2.75, 3.05) is 24.7 Å². The lowest BCUT2D eigenvalue weighted by Gasteiger charge is -2.15. The van der Waals surface area contributed by atoms with Crippen LogP contribution in [0, 0.1) is 0 Å². The van der Waals surface area contributed by atoms with Crippen molar-refractivity contribution in [3.8, 4) is 5.75 Å². The molecule has 0 amide bonds. The van der Waals surface area contributed by atoms with Gasteiger partial charge in [-0.05, 0) is 36.6 Å². The molecule has 5 heteroatoms. The van der Waals surface area contributed by atoms with Gasteiger partial charge in [-0.25, -0.2) is 0 Å². The molecule has 3 nitrogen and oxygen atoms in total. The second-order valence-electron chi connectivity index (χ2n) is 4.50. The number of hydrogen-bond donors (Lipinski definition) is 2. The molecular formula is C16H18BrNO2S. The maximum Gasteiger partial charge on any atom is 0.120 e. The van der Waals surface area contributed by atoms with E-state index in [0.29, 0.717) is 6.54 Å². The number of para-hydroxylation sites is 1. The Hall–Kier alpha value is -1.17. The fraction of sp³-hybridized carbons (Fsp3) is 0.250. The summed E-state index contributed by atoms with van der Waals surface area (Å²) in [5, 5.41) is 13.3. The average Bonchev–Trinajstić information content (AvgIpc) is 2.51. The third-order valence-electron chi connectivity index (χ3n) is 2.87. The normalized spacial score (nSPS) is 12.0. The lowest BCUT2D eigenvalue weighted by Crippen LogP contribution is -2.26. The van der Waals surface area contributed by atoms with Crippen molar-refractivity contribution in [3.63, 3.8) is 0 Å². The average molecular weight is 368 g/mol. The minimum Gasteiger partial charge on any atom is -0.491 e. The molecule has 0 aliphatic carbocycles. The van der Waals surface area contributed by atoms with Crippen molar-refractivity contribution in [1.29, 1.82) is 0 Å². The number of benzene rings is 2. The van der Waals surface area contributed by atoms with Gasteiger partial charge in [0, 0.05) is 21.6 Å². The summed E-state index contributed by atoms with van der Waals surface area (Å²) in [5.41, 5.74) is 1.03. The molecule has 2 aromatic carbocycles. The van der Waals surface area contributed by atoms with Crippen LogP contribution in [0.5, 0.6) is 5.75 Å². The smallest absolute Gasteiger partial charge is 0.120 e. The van der Waals surface area contributed by atoms with Gasteiger partial charge in [0.25, 0.3) is 0 Å². The van der Waals surface area contributed by atoms with Crippen LogP contribution >= 0.6 is 27.7 Å². The Morgan fingerprint density at radius 3 is 2.81 bits per heavy atom. The van der Waals surface area contributed by atoms with Crippen LogP contribution in [0.25, 0.3) is 0 Å². The largest absolute Gasteiger partial charge is 0.491 e. The summed E-state index contributed by atoms with van der Waals surface area (Å²) in [6, 6.07) is 15.6. The molecule has 1 unspecified atom stereocenters. The van der Waals surface area contributed by atoms with Gasteiger partial charge in [0.15, 0.2) is 0 Å². The van der Waals surface area contributed by atoms with Gasteiger partial charge in [-0.1, -0.05) is 34.1 Å². The lowest BCUT2D eigenvalue weighted by atomic mass is 10.3. The van der Waals surface area contributed by atoms with E-state index >= 15 is 0 Å². The molecule has 2 N–H and O–H groups in total. The standard InChI is InChI=1S/C16H18BrNO2S/c1-21-16-8-3-2-7-15(16)18-10-13(19)11-20-14-6-4-5-12(17)9-14/h2-9,13,18-19H,10-11H2,1H3. The highest BCUT2D eigenvalue weighted by molar-refractivity contribution is 9.10. The Bertz CT molecular complexity index is 580. The first-order chi connectivity index (χ1) is 10.2. The number of nitrogens with one attached hydrogen (secondary N) is 1. The molecule has 0 saturated carbocycles. The molecule has 0 aliphatic rings. The first kappa shape index (κ1) is 16.2. The van der Waals surface area contributed by atoms with Crippen molar-refractivity contribution in [2.45, 2.75) is 11.0 Å². The molecule has 0 heterocycles. The molecule has 0 radical (unpaired) electrons. The Morgan fingerprint density at radius 2 is 2.05 bits per heavy atom. The maximum atomic E-state index is 10.00. The summed E-state index contributed by atoms with van der Waals surface area (Å²) in [7, 11) is 0. The Kier molecular flexibility index (Phi) is 6.42. The molecule has 112 valence electrons. The van der Waals surface area contributed by atoms with E-state index in [-0.39, 0.29) is 6.61 Å². The number of aliphatic hydroxyl groups excluding tert-OH is 1. The van der Waals surface area contributed by atoms with Crippen LogP contribution in [-0.2, 0) is 0 Å². The van der Waals surface area contributed by atoms with Gasteiger partial charge < -0.3 is 15.2 Å². The number of aliphatic hydroxyl groups is 1. The minimum atomic E-state index is -0.570. The van der Waals surface area contributed by atoms with Crippen LogP contribution in [0.3, 0.4) is 0 Å². The second-order valence-corrected chi connectivity index (χ2v) is 6.27. The van der Waals surface area contributed by atoms with E-state index in [1.165, 1.54) is 0 Å². The van der Waals surface area contributed by atoms with Gasteiger partial charge in [-0.15, -0.1) is 11.8 Å². The summed E-state index contributed by atoms with van der Waals surface area (Å²) in [6.45, 7) is 0.705. The van der Waals surface area contributed by atoms with Crippen LogP contribution in [0.2, 0.25) is 0 Å². The van der Waals surface area contributed by atoms with E-state index in [9.17, 15) is 5.11 Å². The molecule has 0 spiro atoms. The SMILES string of the molecule is CSc1ccccc1NCC(O)COc1cccc(Br)c1.